The van der Waals surface area contributed by atoms with Gasteiger partial charge in [-0.1, -0.05) is 18.5 Å². The summed E-state index contributed by atoms with van der Waals surface area (Å²) in [6, 6.07) is 4.86. The smallest absolute Gasteiger partial charge is 0.317 e. The Balaban J connectivity index is 1.97. The minimum Gasteiger partial charge on any atom is -0.480 e. The van der Waals surface area contributed by atoms with Gasteiger partial charge >= 0.3 is 5.97 Å². The average molecular weight is 356 g/mol. The Labute approximate surface area is 146 Å². The molecule has 132 valence electrons. The zero-order valence-corrected chi connectivity index (χ0v) is 14.4. The standard InChI is InChI=1S/C16H22ClN3O4/c1-2-19(11-16(21)22)14-5-7-18(8-6-14)10-12-9-13(17)3-4-15(12)20(23)24/h3-4,9,14H,2,5-8,10-11H2,1H3,(H,21,22). The number of carbonyl (C=O) groups is 1. The van der Waals surface area contributed by atoms with Crippen molar-refractivity contribution in [2.24, 2.45) is 0 Å². The van der Waals surface area contributed by atoms with Crippen LogP contribution < -0.4 is 0 Å². The van der Waals surface area contributed by atoms with Crippen LogP contribution in [0.5, 0.6) is 0 Å². The summed E-state index contributed by atoms with van der Waals surface area (Å²) >= 11 is 5.97. The summed E-state index contributed by atoms with van der Waals surface area (Å²) in [6.45, 7) is 4.77. The number of rotatable bonds is 7. The molecule has 1 heterocycles. The lowest BCUT2D eigenvalue weighted by Gasteiger charge is -2.37. The Bertz CT molecular complexity index is 603. The molecular formula is C16H22ClN3O4. The first-order chi connectivity index (χ1) is 11.4. The van der Waals surface area contributed by atoms with Crippen molar-refractivity contribution in [2.45, 2.75) is 32.4 Å². The van der Waals surface area contributed by atoms with Crippen LogP contribution in [0, 0.1) is 10.1 Å². The highest BCUT2D eigenvalue weighted by atomic mass is 35.5. The first kappa shape index (κ1) is 18.6. The Morgan fingerprint density at radius 2 is 2.12 bits per heavy atom. The van der Waals surface area contributed by atoms with Gasteiger partial charge < -0.3 is 5.11 Å². The molecule has 8 heteroatoms. The van der Waals surface area contributed by atoms with Crippen LogP contribution in [0.25, 0.3) is 0 Å². The molecule has 0 saturated carbocycles. The van der Waals surface area contributed by atoms with Gasteiger partial charge in [-0.2, -0.15) is 0 Å². The zero-order valence-electron chi connectivity index (χ0n) is 13.7. The molecule has 0 bridgehead atoms. The van der Waals surface area contributed by atoms with Crippen LogP contribution in [0.3, 0.4) is 0 Å². The largest absolute Gasteiger partial charge is 0.480 e. The van der Waals surface area contributed by atoms with Crippen LogP contribution in [0.1, 0.15) is 25.3 Å². The molecular weight excluding hydrogens is 334 g/mol. The maximum absolute atomic E-state index is 11.1. The second-order valence-corrected chi connectivity index (χ2v) is 6.43. The summed E-state index contributed by atoms with van der Waals surface area (Å²) in [6.07, 6.45) is 1.71. The predicted molar refractivity (Wildman–Crippen MR) is 91.3 cm³/mol. The number of carboxylic acid groups (broad SMARTS) is 1. The summed E-state index contributed by atoms with van der Waals surface area (Å²) in [5, 5.41) is 20.6. The number of nitro groups is 1. The summed E-state index contributed by atoms with van der Waals surface area (Å²) in [7, 11) is 0. The summed E-state index contributed by atoms with van der Waals surface area (Å²) in [5.41, 5.74) is 0.700. The zero-order chi connectivity index (χ0) is 17.7. The van der Waals surface area contributed by atoms with Crippen molar-refractivity contribution in [3.63, 3.8) is 0 Å². The number of aliphatic carboxylic acids is 1. The predicted octanol–water partition coefficient (Wildman–Crippen LogP) is 2.62. The summed E-state index contributed by atoms with van der Waals surface area (Å²) in [5.74, 6) is -0.811. The molecule has 0 aliphatic carbocycles. The van der Waals surface area contributed by atoms with Crippen LogP contribution in [-0.2, 0) is 11.3 Å². The fourth-order valence-electron chi connectivity index (χ4n) is 3.22. The van der Waals surface area contributed by atoms with Gasteiger partial charge in [0.1, 0.15) is 0 Å². The second kappa shape index (κ2) is 8.41. The number of carboxylic acids is 1. The Morgan fingerprint density at radius 1 is 1.46 bits per heavy atom. The van der Waals surface area contributed by atoms with E-state index >= 15 is 0 Å². The lowest BCUT2D eigenvalue weighted by atomic mass is 10.0. The molecule has 1 aromatic carbocycles. The number of piperidine rings is 1. The molecule has 1 N–H and O–H groups in total. The van der Waals surface area contributed by atoms with E-state index in [4.69, 9.17) is 16.7 Å². The van der Waals surface area contributed by atoms with E-state index < -0.39 is 5.97 Å². The van der Waals surface area contributed by atoms with Crippen LogP contribution >= 0.6 is 11.6 Å². The van der Waals surface area contributed by atoms with Gasteiger partial charge in [0.15, 0.2) is 0 Å². The van der Waals surface area contributed by atoms with Crippen molar-refractivity contribution in [3.8, 4) is 0 Å². The highest BCUT2D eigenvalue weighted by Gasteiger charge is 2.26. The third-order valence-electron chi connectivity index (χ3n) is 4.45. The van der Waals surface area contributed by atoms with E-state index in [1.807, 2.05) is 11.8 Å². The van der Waals surface area contributed by atoms with Crippen LogP contribution in [0.4, 0.5) is 5.69 Å². The molecule has 0 unspecified atom stereocenters. The first-order valence-electron chi connectivity index (χ1n) is 8.01. The molecule has 7 nitrogen and oxygen atoms in total. The average Bonchev–Trinajstić information content (AvgIpc) is 2.53. The number of nitrogens with zero attached hydrogens (tertiary/aromatic N) is 3. The molecule has 1 aliphatic heterocycles. The summed E-state index contributed by atoms with van der Waals surface area (Å²) < 4.78 is 0. The van der Waals surface area contributed by atoms with Crippen molar-refractivity contribution in [2.75, 3.05) is 26.2 Å². The molecule has 1 aromatic rings. The lowest BCUT2D eigenvalue weighted by Crippen LogP contribution is -2.46. The fraction of sp³-hybridized carbons (Fsp3) is 0.562. The van der Waals surface area contributed by atoms with E-state index in [2.05, 4.69) is 4.90 Å². The van der Waals surface area contributed by atoms with Gasteiger partial charge in [-0.05, 0) is 44.6 Å². The Kier molecular flexibility index (Phi) is 6.53. The molecule has 1 fully saturated rings. The van der Waals surface area contributed by atoms with Crippen molar-refractivity contribution in [3.05, 3.63) is 38.9 Å². The van der Waals surface area contributed by atoms with Crippen LogP contribution in [0.2, 0.25) is 5.02 Å². The van der Waals surface area contributed by atoms with E-state index in [0.29, 0.717) is 23.7 Å². The van der Waals surface area contributed by atoms with Crippen molar-refractivity contribution < 1.29 is 14.8 Å². The van der Waals surface area contributed by atoms with Crippen molar-refractivity contribution in [1.29, 1.82) is 0 Å². The van der Waals surface area contributed by atoms with Gasteiger partial charge in [0.2, 0.25) is 0 Å². The number of likely N-dealkylation sites (N-methyl/N-ethyl adjacent to an activating group) is 1. The minimum atomic E-state index is -0.811. The molecule has 0 atom stereocenters. The highest BCUT2D eigenvalue weighted by Crippen LogP contribution is 2.26. The maximum Gasteiger partial charge on any atom is 0.317 e. The highest BCUT2D eigenvalue weighted by molar-refractivity contribution is 6.30. The third-order valence-corrected chi connectivity index (χ3v) is 4.69. The third kappa shape index (κ3) is 4.90. The molecule has 1 saturated heterocycles. The number of benzene rings is 1. The first-order valence-corrected chi connectivity index (χ1v) is 8.39. The maximum atomic E-state index is 11.1. The van der Waals surface area contributed by atoms with E-state index in [1.165, 1.54) is 12.1 Å². The van der Waals surface area contributed by atoms with Gasteiger partial charge in [-0.15, -0.1) is 0 Å². The lowest BCUT2D eigenvalue weighted by molar-refractivity contribution is -0.385. The van der Waals surface area contributed by atoms with Gasteiger partial charge in [0, 0.05) is 29.2 Å². The SMILES string of the molecule is CCN(CC(=O)O)C1CCN(Cc2cc(Cl)ccc2[N+](=O)[O-])CC1. The van der Waals surface area contributed by atoms with E-state index in [0.717, 1.165) is 25.9 Å². The Hall–Kier alpha value is -1.70. The molecule has 0 aromatic heterocycles. The fourth-order valence-corrected chi connectivity index (χ4v) is 3.41. The van der Waals surface area contributed by atoms with Crippen LogP contribution in [-0.4, -0.2) is 58.0 Å². The number of hydrogen-bond acceptors (Lipinski definition) is 5. The van der Waals surface area contributed by atoms with E-state index in [1.54, 1.807) is 6.07 Å². The van der Waals surface area contributed by atoms with E-state index in [-0.39, 0.29) is 23.2 Å². The number of halogens is 1. The second-order valence-electron chi connectivity index (χ2n) is 5.99. The van der Waals surface area contributed by atoms with E-state index in [9.17, 15) is 14.9 Å². The van der Waals surface area contributed by atoms with Crippen molar-refractivity contribution >= 4 is 23.3 Å². The molecule has 0 amide bonds. The van der Waals surface area contributed by atoms with Gasteiger partial charge in [-0.25, -0.2) is 0 Å². The van der Waals surface area contributed by atoms with Gasteiger partial charge in [-0.3, -0.25) is 24.7 Å². The molecule has 0 spiro atoms. The van der Waals surface area contributed by atoms with Crippen molar-refractivity contribution in [1.82, 2.24) is 9.80 Å². The monoisotopic (exact) mass is 355 g/mol. The topological polar surface area (TPSA) is 86.9 Å². The molecule has 1 aliphatic rings. The number of nitro benzene ring substituents is 1. The molecule has 24 heavy (non-hydrogen) atoms. The van der Waals surface area contributed by atoms with Gasteiger partial charge in [0.25, 0.3) is 5.69 Å². The number of hydrogen-bond donors (Lipinski definition) is 1. The molecule has 2 rings (SSSR count). The summed E-state index contributed by atoms with van der Waals surface area (Å²) in [4.78, 5) is 25.8. The van der Waals surface area contributed by atoms with Crippen LogP contribution in [0.15, 0.2) is 18.2 Å². The Morgan fingerprint density at radius 3 is 2.67 bits per heavy atom. The molecule has 0 radical (unpaired) electrons. The van der Waals surface area contributed by atoms with Gasteiger partial charge in [0.05, 0.1) is 11.5 Å². The minimum absolute atomic E-state index is 0.0565. The normalized spacial score (nSPS) is 16.5. The quantitative estimate of drug-likeness (QED) is 0.597. The number of likely N-dealkylation sites (tertiary alicyclic amines) is 1.